The van der Waals surface area contributed by atoms with Gasteiger partial charge in [0.2, 0.25) is 0 Å². The number of unbranched alkanes of at least 4 members (excludes halogenated alkanes) is 2. The van der Waals surface area contributed by atoms with Crippen molar-refractivity contribution in [2.24, 2.45) is 0 Å². The molecule has 0 aliphatic rings. The van der Waals surface area contributed by atoms with Gasteiger partial charge in [0, 0.05) is 6.54 Å². The highest BCUT2D eigenvalue weighted by Crippen LogP contribution is 1.97. The van der Waals surface area contributed by atoms with Crippen LogP contribution in [0.3, 0.4) is 0 Å². The van der Waals surface area contributed by atoms with Crippen molar-refractivity contribution in [3.05, 3.63) is 24.8 Å². The van der Waals surface area contributed by atoms with Crippen LogP contribution < -0.4 is 0 Å². The summed E-state index contributed by atoms with van der Waals surface area (Å²) in [5.41, 5.74) is 0. The minimum absolute atomic E-state index is 1.10. The lowest BCUT2D eigenvalue weighted by atomic mass is 10.2. The molecule has 0 saturated heterocycles. The molecule has 0 saturated carbocycles. The van der Waals surface area contributed by atoms with E-state index in [9.17, 15) is 0 Å². The lowest BCUT2D eigenvalue weighted by Gasteiger charge is -2.14. The molecule has 0 rings (SSSR count). The van der Waals surface area contributed by atoms with E-state index in [4.69, 9.17) is 0 Å². The fraction of sp³-hybridized carbons (Fsp3) is 0.667. The van der Waals surface area contributed by atoms with E-state index in [0.717, 1.165) is 26.1 Å². The Bertz CT molecular complexity index is 134. The Hall–Kier alpha value is -0.560. The van der Waals surface area contributed by atoms with Crippen LogP contribution in [0.25, 0.3) is 0 Å². The van der Waals surface area contributed by atoms with Crippen LogP contribution in [0, 0.1) is 0 Å². The van der Waals surface area contributed by atoms with E-state index < -0.39 is 0 Å². The summed E-state index contributed by atoms with van der Waals surface area (Å²) in [7, 11) is 0. The van der Waals surface area contributed by atoms with Crippen LogP contribution in [0.2, 0.25) is 0 Å². The lowest BCUT2D eigenvalue weighted by molar-refractivity contribution is 0.337. The van der Waals surface area contributed by atoms with Crippen LogP contribution in [0.4, 0.5) is 0 Å². The monoisotopic (exact) mass is 181 g/mol. The van der Waals surface area contributed by atoms with E-state index in [1.165, 1.54) is 12.8 Å². The molecule has 0 aromatic heterocycles. The van der Waals surface area contributed by atoms with Crippen LogP contribution in [-0.4, -0.2) is 24.5 Å². The third kappa shape index (κ3) is 7.79. The van der Waals surface area contributed by atoms with Crippen molar-refractivity contribution in [1.82, 2.24) is 4.90 Å². The minimum atomic E-state index is 1.10. The zero-order chi connectivity index (χ0) is 9.94. The number of hydrogen-bond donors (Lipinski definition) is 0. The SMILES string of the molecule is C=CCCCC=CCN(CC)CC. The van der Waals surface area contributed by atoms with Crippen molar-refractivity contribution >= 4 is 0 Å². The molecule has 0 radical (unpaired) electrons. The van der Waals surface area contributed by atoms with Gasteiger partial charge in [0.05, 0.1) is 0 Å². The molecule has 0 amide bonds. The third-order valence-corrected chi connectivity index (χ3v) is 2.20. The van der Waals surface area contributed by atoms with Gasteiger partial charge >= 0.3 is 0 Å². The zero-order valence-electron chi connectivity index (χ0n) is 9.13. The summed E-state index contributed by atoms with van der Waals surface area (Å²) >= 11 is 0. The highest BCUT2D eigenvalue weighted by Gasteiger charge is 1.92. The molecule has 0 aliphatic carbocycles. The van der Waals surface area contributed by atoms with Crippen molar-refractivity contribution in [2.45, 2.75) is 33.1 Å². The Morgan fingerprint density at radius 1 is 1.08 bits per heavy atom. The van der Waals surface area contributed by atoms with Crippen LogP contribution >= 0.6 is 0 Å². The summed E-state index contributed by atoms with van der Waals surface area (Å²) in [4.78, 5) is 2.41. The first kappa shape index (κ1) is 12.4. The summed E-state index contributed by atoms with van der Waals surface area (Å²) in [6.45, 7) is 11.5. The smallest absolute Gasteiger partial charge is 0.0162 e. The maximum Gasteiger partial charge on any atom is 0.0162 e. The van der Waals surface area contributed by atoms with Gasteiger partial charge in [0.25, 0.3) is 0 Å². The highest BCUT2D eigenvalue weighted by atomic mass is 15.1. The molecular formula is C12H23N. The first-order chi connectivity index (χ1) is 6.35. The van der Waals surface area contributed by atoms with Crippen molar-refractivity contribution in [2.75, 3.05) is 19.6 Å². The van der Waals surface area contributed by atoms with Gasteiger partial charge in [-0.2, -0.15) is 0 Å². The van der Waals surface area contributed by atoms with Gasteiger partial charge in [0.15, 0.2) is 0 Å². The molecule has 76 valence electrons. The first-order valence-corrected chi connectivity index (χ1v) is 5.33. The second kappa shape index (κ2) is 9.53. The molecule has 0 aliphatic heterocycles. The van der Waals surface area contributed by atoms with Gasteiger partial charge in [0.1, 0.15) is 0 Å². The van der Waals surface area contributed by atoms with E-state index >= 15 is 0 Å². The lowest BCUT2D eigenvalue weighted by Crippen LogP contribution is -2.22. The number of allylic oxidation sites excluding steroid dienone is 2. The van der Waals surface area contributed by atoms with E-state index in [1.54, 1.807) is 0 Å². The maximum atomic E-state index is 3.70. The molecule has 0 aromatic carbocycles. The zero-order valence-corrected chi connectivity index (χ0v) is 9.13. The van der Waals surface area contributed by atoms with Crippen LogP contribution in [-0.2, 0) is 0 Å². The Morgan fingerprint density at radius 2 is 1.77 bits per heavy atom. The number of nitrogens with zero attached hydrogens (tertiary/aromatic N) is 1. The summed E-state index contributed by atoms with van der Waals surface area (Å²) in [6.07, 6.45) is 10.1. The molecule has 0 N–H and O–H groups in total. The molecule has 1 heteroatoms. The second-order valence-corrected chi connectivity index (χ2v) is 3.18. The quantitative estimate of drug-likeness (QED) is 0.410. The Morgan fingerprint density at radius 3 is 2.31 bits per heavy atom. The average molecular weight is 181 g/mol. The van der Waals surface area contributed by atoms with E-state index in [0.29, 0.717) is 0 Å². The van der Waals surface area contributed by atoms with Crippen LogP contribution in [0.15, 0.2) is 24.8 Å². The van der Waals surface area contributed by atoms with Crippen molar-refractivity contribution in [3.63, 3.8) is 0 Å². The first-order valence-electron chi connectivity index (χ1n) is 5.33. The van der Waals surface area contributed by atoms with Gasteiger partial charge in [-0.3, -0.25) is 0 Å². The van der Waals surface area contributed by atoms with E-state index in [2.05, 4.69) is 37.5 Å². The van der Waals surface area contributed by atoms with E-state index in [1.807, 2.05) is 6.08 Å². The molecule has 13 heavy (non-hydrogen) atoms. The number of hydrogen-bond acceptors (Lipinski definition) is 1. The Kier molecular flexibility index (Phi) is 9.12. The molecule has 0 aromatic rings. The predicted molar refractivity (Wildman–Crippen MR) is 61.0 cm³/mol. The van der Waals surface area contributed by atoms with Gasteiger partial charge in [-0.25, -0.2) is 0 Å². The molecule has 0 unspecified atom stereocenters. The van der Waals surface area contributed by atoms with Crippen molar-refractivity contribution in [1.29, 1.82) is 0 Å². The maximum absolute atomic E-state index is 3.70. The fourth-order valence-corrected chi connectivity index (χ4v) is 1.20. The molecule has 0 fully saturated rings. The van der Waals surface area contributed by atoms with Crippen molar-refractivity contribution in [3.8, 4) is 0 Å². The summed E-state index contributed by atoms with van der Waals surface area (Å²) < 4.78 is 0. The number of rotatable bonds is 8. The summed E-state index contributed by atoms with van der Waals surface area (Å²) in [5, 5.41) is 0. The van der Waals surface area contributed by atoms with Crippen LogP contribution in [0.5, 0.6) is 0 Å². The predicted octanol–water partition coefficient (Wildman–Crippen LogP) is 3.24. The molecule has 0 atom stereocenters. The molecule has 0 bridgehead atoms. The van der Waals surface area contributed by atoms with Gasteiger partial charge in [-0.15, -0.1) is 6.58 Å². The fourth-order valence-electron chi connectivity index (χ4n) is 1.20. The molecule has 0 heterocycles. The molecule has 0 spiro atoms. The Labute approximate surface area is 83.1 Å². The summed E-state index contributed by atoms with van der Waals surface area (Å²) in [6, 6.07) is 0. The standard InChI is InChI=1S/C12H23N/c1-4-7-8-9-10-11-12-13(5-2)6-3/h4,10-11H,1,5-9,12H2,2-3H3. The van der Waals surface area contributed by atoms with E-state index in [-0.39, 0.29) is 0 Å². The topological polar surface area (TPSA) is 3.24 Å². The average Bonchev–Trinajstić information content (AvgIpc) is 2.17. The second-order valence-electron chi connectivity index (χ2n) is 3.18. The van der Waals surface area contributed by atoms with Crippen molar-refractivity contribution < 1.29 is 0 Å². The number of likely N-dealkylation sites (N-methyl/N-ethyl adjacent to an activating group) is 1. The normalized spacial score (nSPS) is 11.3. The van der Waals surface area contributed by atoms with Gasteiger partial charge in [-0.1, -0.05) is 32.1 Å². The van der Waals surface area contributed by atoms with Crippen LogP contribution in [0.1, 0.15) is 33.1 Å². The summed E-state index contributed by atoms with van der Waals surface area (Å²) in [5.74, 6) is 0. The van der Waals surface area contributed by atoms with Gasteiger partial charge in [-0.05, 0) is 32.4 Å². The third-order valence-electron chi connectivity index (χ3n) is 2.20. The molecule has 1 nitrogen and oxygen atoms in total. The minimum Gasteiger partial charge on any atom is -0.300 e. The largest absolute Gasteiger partial charge is 0.300 e. The molecular weight excluding hydrogens is 158 g/mol. The Balaban J connectivity index is 3.33. The van der Waals surface area contributed by atoms with Gasteiger partial charge < -0.3 is 4.90 Å². The highest BCUT2D eigenvalue weighted by molar-refractivity contribution is 4.85.